The molecule has 0 aliphatic rings. The number of hydrogen-bond acceptors (Lipinski definition) is 5. The van der Waals surface area contributed by atoms with Crippen molar-refractivity contribution in [2.75, 3.05) is 11.9 Å². The minimum Gasteiger partial charge on any atom is -0.481 e. The molecule has 1 N–H and O–H groups in total. The van der Waals surface area contributed by atoms with Crippen LogP contribution in [0.25, 0.3) is 0 Å². The molecule has 0 aromatic heterocycles. The molecule has 2 rings (SSSR count). The number of esters is 1. The SMILES string of the molecule is CCCCOC(=O)c1ccc(O[C@@H](C)C(=O)Nc2ccccc2OC(F)F)cc1. The van der Waals surface area contributed by atoms with E-state index in [1.54, 1.807) is 30.3 Å². The summed E-state index contributed by atoms with van der Waals surface area (Å²) in [6, 6.07) is 12.1. The average molecular weight is 407 g/mol. The third-order valence-electron chi connectivity index (χ3n) is 3.86. The molecule has 0 aliphatic heterocycles. The Morgan fingerprint density at radius 1 is 1.03 bits per heavy atom. The Bertz CT molecular complexity index is 811. The van der Waals surface area contributed by atoms with Crippen molar-refractivity contribution >= 4 is 17.6 Å². The third-order valence-corrected chi connectivity index (χ3v) is 3.86. The van der Waals surface area contributed by atoms with E-state index < -0.39 is 24.6 Å². The van der Waals surface area contributed by atoms with Gasteiger partial charge in [-0.3, -0.25) is 4.79 Å². The number of para-hydroxylation sites is 2. The molecule has 156 valence electrons. The summed E-state index contributed by atoms with van der Waals surface area (Å²) >= 11 is 0. The van der Waals surface area contributed by atoms with Gasteiger partial charge in [-0.05, 0) is 49.7 Å². The molecular weight excluding hydrogens is 384 g/mol. The molecule has 2 aromatic rings. The number of benzene rings is 2. The van der Waals surface area contributed by atoms with Crippen molar-refractivity contribution in [2.45, 2.75) is 39.4 Å². The summed E-state index contributed by atoms with van der Waals surface area (Å²) in [5.41, 5.74) is 0.488. The summed E-state index contributed by atoms with van der Waals surface area (Å²) in [6.07, 6.45) is 0.807. The van der Waals surface area contributed by atoms with Crippen LogP contribution in [0, 0.1) is 0 Å². The number of hydrogen-bond donors (Lipinski definition) is 1. The van der Waals surface area contributed by atoms with Crippen molar-refractivity contribution < 1.29 is 32.6 Å². The summed E-state index contributed by atoms with van der Waals surface area (Å²) in [4.78, 5) is 24.2. The van der Waals surface area contributed by atoms with E-state index in [-0.39, 0.29) is 11.4 Å². The van der Waals surface area contributed by atoms with Crippen LogP contribution < -0.4 is 14.8 Å². The molecule has 8 heteroatoms. The molecule has 1 atom stereocenters. The quantitative estimate of drug-likeness (QED) is 0.458. The van der Waals surface area contributed by atoms with Crippen LogP contribution in [0.5, 0.6) is 11.5 Å². The van der Waals surface area contributed by atoms with Gasteiger partial charge in [0.1, 0.15) is 11.5 Å². The molecule has 0 aliphatic carbocycles. The van der Waals surface area contributed by atoms with Crippen molar-refractivity contribution in [3.63, 3.8) is 0 Å². The maximum atomic E-state index is 12.5. The van der Waals surface area contributed by atoms with Crippen LogP contribution in [0.15, 0.2) is 48.5 Å². The third kappa shape index (κ3) is 7.06. The van der Waals surface area contributed by atoms with Crippen molar-refractivity contribution in [3.8, 4) is 11.5 Å². The maximum Gasteiger partial charge on any atom is 0.387 e. The number of nitrogens with one attached hydrogen (secondary N) is 1. The first kappa shape index (κ1) is 22.1. The Balaban J connectivity index is 1.94. The Hall–Kier alpha value is -3.16. The van der Waals surface area contributed by atoms with Crippen LogP contribution >= 0.6 is 0 Å². The van der Waals surface area contributed by atoms with E-state index in [0.717, 1.165) is 12.8 Å². The number of amides is 1. The number of unbranched alkanes of at least 4 members (excludes halogenated alkanes) is 1. The van der Waals surface area contributed by atoms with Crippen LogP contribution in [-0.4, -0.2) is 31.2 Å². The van der Waals surface area contributed by atoms with Crippen molar-refractivity contribution in [3.05, 3.63) is 54.1 Å². The van der Waals surface area contributed by atoms with E-state index in [1.807, 2.05) is 6.92 Å². The zero-order valence-corrected chi connectivity index (χ0v) is 16.2. The van der Waals surface area contributed by atoms with Gasteiger partial charge in [0.2, 0.25) is 0 Å². The van der Waals surface area contributed by atoms with Crippen LogP contribution in [0.4, 0.5) is 14.5 Å². The second kappa shape index (κ2) is 11.0. The van der Waals surface area contributed by atoms with Gasteiger partial charge >= 0.3 is 12.6 Å². The number of anilines is 1. The van der Waals surface area contributed by atoms with Gasteiger partial charge < -0.3 is 19.5 Å². The fraction of sp³-hybridized carbons (Fsp3) is 0.333. The number of halogens is 2. The molecule has 0 spiro atoms. The predicted molar refractivity (Wildman–Crippen MR) is 103 cm³/mol. The number of carbonyl (C=O) groups excluding carboxylic acids is 2. The van der Waals surface area contributed by atoms with Gasteiger partial charge in [0.05, 0.1) is 17.9 Å². The van der Waals surface area contributed by atoms with E-state index in [4.69, 9.17) is 9.47 Å². The van der Waals surface area contributed by atoms with E-state index in [2.05, 4.69) is 10.1 Å². The fourth-order valence-electron chi connectivity index (χ4n) is 2.32. The first-order valence-corrected chi connectivity index (χ1v) is 9.19. The highest BCUT2D eigenvalue weighted by Gasteiger charge is 2.18. The molecule has 0 unspecified atom stereocenters. The van der Waals surface area contributed by atoms with Gasteiger partial charge in [0.15, 0.2) is 6.10 Å². The van der Waals surface area contributed by atoms with E-state index in [1.165, 1.54) is 25.1 Å². The summed E-state index contributed by atoms with van der Waals surface area (Å²) in [7, 11) is 0. The van der Waals surface area contributed by atoms with Gasteiger partial charge in [0, 0.05) is 0 Å². The molecule has 0 saturated heterocycles. The second-order valence-corrected chi connectivity index (χ2v) is 6.14. The largest absolute Gasteiger partial charge is 0.481 e. The zero-order valence-electron chi connectivity index (χ0n) is 16.2. The number of carbonyl (C=O) groups is 2. The second-order valence-electron chi connectivity index (χ2n) is 6.14. The summed E-state index contributed by atoms with van der Waals surface area (Å²) in [5.74, 6) is -0.742. The fourth-order valence-corrected chi connectivity index (χ4v) is 2.32. The van der Waals surface area contributed by atoms with Gasteiger partial charge in [-0.15, -0.1) is 0 Å². The Morgan fingerprint density at radius 3 is 2.38 bits per heavy atom. The minimum atomic E-state index is -3.01. The normalized spacial score (nSPS) is 11.6. The molecule has 29 heavy (non-hydrogen) atoms. The highest BCUT2D eigenvalue weighted by molar-refractivity contribution is 5.95. The van der Waals surface area contributed by atoms with Crippen molar-refractivity contribution in [1.29, 1.82) is 0 Å². The standard InChI is InChI=1S/C21H23F2NO5/c1-3-4-13-27-20(26)15-9-11-16(12-10-15)28-14(2)19(25)24-17-7-5-6-8-18(17)29-21(22)23/h5-12,14,21H,3-4,13H2,1-2H3,(H,24,25)/t14-/m0/s1. The topological polar surface area (TPSA) is 73.9 Å². The smallest absolute Gasteiger partial charge is 0.387 e. The monoisotopic (exact) mass is 407 g/mol. The molecule has 0 bridgehead atoms. The maximum absolute atomic E-state index is 12.5. The molecule has 0 saturated carbocycles. The zero-order chi connectivity index (χ0) is 21.2. The van der Waals surface area contributed by atoms with Crippen molar-refractivity contribution in [1.82, 2.24) is 0 Å². The van der Waals surface area contributed by atoms with Gasteiger partial charge in [0.25, 0.3) is 5.91 Å². The molecule has 0 heterocycles. The molecule has 1 amide bonds. The van der Waals surface area contributed by atoms with E-state index in [9.17, 15) is 18.4 Å². The van der Waals surface area contributed by atoms with Gasteiger partial charge in [-0.2, -0.15) is 8.78 Å². The average Bonchev–Trinajstić information content (AvgIpc) is 2.69. The first-order chi connectivity index (χ1) is 13.9. The first-order valence-electron chi connectivity index (χ1n) is 9.19. The highest BCUT2D eigenvalue weighted by Crippen LogP contribution is 2.26. The predicted octanol–water partition coefficient (Wildman–Crippen LogP) is 4.65. The van der Waals surface area contributed by atoms with E-state index in [0.29, 0.717) is 17.9 Å². The van der Waals surface area contributed by atoms with Crippen LogP contribution in [-0.2, 0) is 9.53 Å². The number of alkyl halides is 2. The lowest BCUT2D eigenvalue weighted by Gasteiger charge is -2.16. The van der Waals surface area contributed by atoms with Gasteiger partial charge in [-0.25, -0.2) is 4.79 Å². The van der Waals surface area contributed by atoms with Crippen LogP contribution in [0.1, 0.15) is 37.0 Å². The summed E-state index contributed by atoms with van der Waals surface area (Å²) in [5, 5.41) is 2.50. The molecule has 0 fully saturated rings. The lowest BCUT2D eigenvalue weighted by Crippen LogP contribution is -2.30. The minimum absolute atomic E-state index is 0.110. The highest BCUT2D eigenvalue weighted by atomic mass is 19.3. The summed E-state index contributed by atoms with van der Waals surface area (Å²) in [6.45, 7) is 0.871. The van der Waals surface area contributed by atoms with Crippen LogP contribution in [0.2, 0.25) is 0 Å². The Morgan fingerprint density at radius 2 is 1.72 bits per heavy atom. The molecule has 6 nitrogen and oxygen atoms in total. The Kier molecular flexibility index (Phi) is 8.39. The van der Waals surface area contributed by atoms with Gasteiger partial charge in [-0.1, -0.05) is 25.5 Å². The lowest BCUT2D eigenvalue weighted by atomic mass is 10.2. The number of ether oxygens (including phenoxy) is 3. The van der Waals surface area contributed by atoms with Crippen molar-refractivity contribution in [2.24, 2.45) is 0 Å². The number of rotatable bonds is 10. The molecular formula is C21H23F2NO5. The van der Waals surface area contributed by atoms with E-state index >= 15 is 0 Å². The Labute approximate surface area is 167 Å². The van der Waals surface area contributed by atoms with Crippen LogP contribution in [0.3, 0.4) is 0 Å². The summed E-state index contributed by atoms with van der Waals surface area (Å²) < 4.78 is 40.0. The molecule has 2 aromatic carbocycles. The molecule has 0 radical (unpaired) electrons. The lowest BCUT2D eigenvalue weighted by molar-refractivity contribution is -0.122.